The molecule has 0 aromatic heterocycles. The van der Waals surface area contributed by atoms with E-state index in [1.807, 2.05) is 81.4 Å². The zero-order valence-electron chi connectivity index (χ0n) is 75.0. The van der Waals surface area contributed by atoms with Crippen LogP contribution in [-0.2, 0) is 107 Å². The Morgan fingerprint density at radius 3 is 1.52 bits per heavy atom. The summed E-state index contributed by atoms with van der Waals surface area (Å²) in [6.45, 7) is 67.4. The Balaban J connectivity index is 1.12. The van der Waals surface area contributed by atoms with Crippen LogP contribution in [0.15, 0.2) is 60.7 Å². The normalized spacial score (nSPS) is 30.5. The maximum absolute atomic E-state index is 15.2. The van der Waals surface area contributed by atoms with Crippen LogP contribution in [0.25, 0.3) is 0 Å². The molecule has 0 saturated carbocycles. The largest absolute Gasteiger partial charge is 0.462 e. The van der Waals surface area contributed by atoms with E-state index < -0.39 is 165 Å². The van der Waals surface area contributed by atoms with E-state index in [1.165, 1.54) is 0 Å². The van der Waals surface area contributed by atoms with Crippen LogP contribution < -0.4 is 0 Å². The van der Waals surface area contributed by atoms with E-state index in [9.17, 15) is 0 Å². The number of hydrogen-bond donors (Lipinski definition) is 1. The van der Waals surface area contributed by atoms with E-state index in [0.717, 1.165) is 17.5 Å². The lowest BCUT2D eigenvalue weighted by molar-refractivity contribution is -0.354. The highest BCUT2D eigenvalue weighted by Gasteiger charge is 2.60. The van der Waals surface area contributed by atoms with Crippen LogP contribution in [-0.4, -0.2) is 191 Å². The quantitative estimate of drug-likeness (QED) is 0.0220. The molecule has 5 heterocycles. The van der Waals surface area contributed by atoms with Crippen molar-refractivity contribution in [1.82, 2.24) is 0 Å². The van der Waals surface area contributed by atoms with Crippen molar-refractivity contribution >= 4 is 85.9 Å². The van der Waals surface area contributed by atoms with E-state index in [2.05, 4.69) is 170 Å². The van der Waals surface area contributed by atoms with Gasteiger partial charge in [0.15, 0.2) is 57.9 Å². The molecule has 5 saturated heterocycles. The third-order valence-electron chi connectivity index (χ3n) is 26.1. The van der Waals surface area contributed by atoms with Gasteiger partial charge in [-0.05, 0) is 130 Å². The first-order valence-corrected chi connectivity index (χ1v) is 54.8. The number of halogens is 3. The van der Waals surface area contributed by atoms with Crippen molar-refractivity contribution in [3.05, 3.63) is 71.8 Å². The average Bonchev–Trinajstić information content (AvgIpc) is 1.61. The number of nitrogens with one attached hydrogen (secondary N) is 1. The van der Waals surface area contributed by atoms with Crippen LogP contribution in [0.1, 0.15) is 209 Å². The van der Waals surface area contributed by atoms with Crippen molar-refractivity contribution < 1.29 is 93.6 Å². The second kappa shape index (κ2) is 40.1. The maximum Gasteiger partial charge on any atom is 0.308 e. The molecule has 5 fully saturated rings. The monoisotopic (exact) mass is 1730 g/mol. The van der Waals surface area contributed by atoms with Crippen molar-refractivity contribution in [2.75, 3.05) is 13.2 Å². The molecule has 24 atom stereocenters. The molecule has 0 spiro atoms. The van der Waals surface area contributed by atoms with Crippen molar-refractivity contribution in [3.8, 4) is 0 Å². The van der Waals surface area contributed by atoms with E-state index in [4.69, 9.17) is 124 Å². The number of esters is 2. The second-order valence-corrected chi connectivity index (χ2v) is 61.1. The highest BCUT2D eigenvalue weighted by Crippen LogP contribution is 2.48. The molecule has 2 aromatic carbocycles. The smallest absolute Gasteiger partial charge is 0.308 e. The first-order chi connectivity index (χ1) is 52.4. The van der Waals surface area contributed by atoms with Gasteiger partial charge in [0.25, 0.3) is 3.79 Å². The lowest BCUT2D eigenvalue weighted by atomic mass is 9.90. The summed E-state index contributed by atoms with van der Waals surface area (Å²) in [4.78, 5) is 30.4. The molecule has 21 nitrogen and oxygen atoms in total. The van der Waals surface area contributed by atoms with E-state index in [1.54, 1.807) is 20.8 Å². The Morgan fingerprint density at radius 1 is 0.535 bits per heavy atom. The lowest BCUT2D eigenvalue weighted by Crippen LogP contribution is -2.63. The molecule has 5 aliphatic rings. The number of carbonyl (C=O) groups is 2. The van der Waals surface area contributed by atoms with Gasteiger partial charge in [-0.3, -0.25) is 15.0 Å². The van der Waals surface area contributed by atoms with Crippen molar-refractivity contribution in [2.45, 2.75) is 410 Å². The minimum absolute atomic E-state index is 0.00162. The second-order valence-electron chi connectivity index (χ2n) is 39.8. The summed E-state index contributed by atoms with van der Waals surface area (Å²) in [7, 11) is -9.71. The molecule has 114 heavy (non-hydrogen) atoms. The van der Waals surface area contributed by atoms with Gasteiger partial charge in [0.2, 0.25) is 12.2 Å². The molecule has 10 unspecified atom stereocenters. The maximum atomic E-state index is 15.2. The Bertz CT molecular complexity index is 3330. The standard InChI is InChI=1S/C86H148Cl3NO20Si4/c1-32-52(3)63(99-67(91)46-62(109-113(28,29)83(16,17)18)45-64(53(4)33-2)100-77-56(7)71(110-114(30,31)84(19,20)21)66(101-77)51-96-111(24,25)81(10,11)12)44-61(108-112(26,27)82(13,14)15)47-68(92)102-69-54(5)72(78(97-57(69)8)105-80(90)86(87,88)89)103-79-75-74(106-85(22,23)107-75)73(58(9)98-79)104-76-55(6)70(94-49-60-42-38-35-39-43-60)65(50-95-76)93-48-59-40-36-34-37-41-59/h34-43,52-58,61-66,69-79,90H,32-33,44-51H2,1-31H3/t52-,53-,54?,55?,56?,57?,58?,61-,62-,63-,64-,65+,66-,69+,70?,71?,72?,73-,74?,75?,76-,77+,78+,79-/m0/s1. The van der Waals surface area contributed by atoms with E-state index in [0.29, 0.717) is 32.7 Å². The fraction of sp³-hybridized carbons (Fsp3) is 0.826. The van der Waals surface area contributed by atoms with E-state index >= 15 is 9.59 Å². The zero-order chi connectivity index (χ0) is 85.6. The first-order valence-electron chi connectivity index (χ1n) is 42.0. The molecule has 0 aliphatic carbocycles. The fourth-order valence-electron chi connectivity index (χ4n) is 14.2. The van der Waals surface area contributed by atoms with Gasteiger partial charge in [-0.25, -0.2) is 0 Å². The number of rotatable bonds is 36. The lowest BCUT2D eigenvalue weighted by Gasteiger charge is -2.48. The molecule has 0 bridgehead atoms. The molecule has 28 heteroatoms. The van der Waals surface area contributed by atoms with Crippen LogP contribution in [0.4, 0.5) is 0 Å². The number of carbonyl (C=O) groups excluding carboxylic acids is 2. The SMILES string of the molecule is CC[C@H](C)[C@H](C[C@@H](CC(=O)O[C@H]1C(C)O[C@H](OC(=N)C(Cl)(Cl)Cl)C(O[C@@H]2OC(C)[C@H](O[C@@H]3OC[C@@H](OCc4ccccc4)C(OCc4ccccc4)C3C)C3OC(C)(C)OC32)C1C)O[Si](C)(C)C(C)(C)C)OC(=O)C[C@H](C[C@H](O[C@@H]1O[C@@H](CO[Si](C)(C)C(C)(C)C)C(O[Si](C)(C)C(C)(C)C)C1C)[C@@H](C)CC)O[Si](C)(C)C(C)(C)C. The highest BCUT2D eigenvalue weighted by molar-refractivity contribution is 6.76. The highest BCUT2D eigenvalue weighted by atomic mass is 35.6. The van der Waals surface area contributed by atoms with Crippen LogP contribution in [0.3, 0.4) is 0 Å². The summed E-state index contributed by atoms with van der Waals surface area (Å²) in [5.41, 5.74) is 2.04. The topological polar surface area (TPSA) is 224 Å². The molecule has 5 aliphatic heterocycles. The minimum atomic E-state index is -2.68. The molecular formula is C86H148Cl3NO20Si4. The van der Waals surface area contributed by atoms with Gasteiger partial charge < -0.3 is 84.0 Å². The van der Waals surface area contributed by atoms with Crippen LogP contribution >= 0.6 is 34.8 Å². The van der Waals surface area contributed by atoms with Crippen LogP contribution in [0.2, 0.25) is 72.5 Å². The van der Waals surface area contributed by atoms with Crippen LogP contribution in [0, 0.1) is 35.0 Å². The summed E-state index contributed by atoms with van der Waals surface area (Å²) in [5, 5.41) is 8.27. The summed E-state index contributed by atoms with van der Waals surface area (Å²) >= 11 is 18.9. The molecule has 1 N–H and O–H groups in total. The predicted octanol–water partition coefficient (Wildman–Crippen LogP) is 20.3. The van der Waals surface area contributed by atoms with Gasteiger partial charge in [-0.2, -0.15) is 0 Å². The Morgan fingerprint density at radius 2 is 1.00 bits per heavy atom. The van der Waals surface area contributed by atoms with Crippen molar-refractivity contribution in [3.63, 3.8) is 0 Å². The Hall–Kier alpha value is -2.01. The third-order valence-corrected chi connectivity index (χ3v) is 44.7. The molecule has 0 amide bonds. The van der Waals surface area contributed by atoms with Gasteiger partial charge in [0.05, 0.1) is 82.0 Å². The number of ether oxygens (including phenoxy) is 14. The zero-order valence-corrected chi connectivity index (χ0v) is 81.3. The Labute approximate surface area is 704 Å². The van der Waals surface area contributed by atoms with Crippen molar-refractivity contribution in [1.29, 1.82) is 5.41 Å². The number of benzene rings is 2. The number of fused-ring (bicyclic) bond motifs is 1. The van der Waals surface area contributed by atoms with Gasteiger partial charge >= 0.3 is 11.9 Å². The van der Waals surface area contributed by atoms with Gasteiger partial charge in [0.1, 0.15) is 48.8 Å². The Kier molecular flexibility index (Phi) is 34.9. The van der Waals surface area contributed by atoms with Crippen LogP contribution in [0.5, 0.6) is 0 Å². The summed E-state index contributed by atoms with van der Waals surface area (Å²) in [6.07, 6.45) is -12.2. The van der Waals surface area contributed by atoms with Gasteiger partial charge in [-0.1, -0.05) is 240 Å². The first kappa shape index (κ1) is 99.1. The average molecular weight is 1730 g/mol. The molecule has 7 rings (SSSR count). The van der Waals surface area contributed by atoms with E-state index in [-0.39, 0.29) is 88.0 Å². The molecular weight excluding hydrogens is 1590 g/mol. The van der Waals surface area contributed by atoms with Gasteiger partial charge in [-0.15, -0.1) is 0 Å². The fourth-order valence-corrected chi connectivity index (χ4v) is 19.5. The minimum Gasteiger partial charge on any atom is -0.462 e. The molecule has 0 radical (unpaired) electrons. The van der Waals surface area contributed by atoms with Crippen molar-refractivity contribution in [2.24, 2.45) is 29.6 Å². The molecule has 2 aromatic rings. The predicted molar refractivity (Wildman–Crippen MR) is 459 cm³/mol. The summed E-state index contributed by atoms with van der Waals surface area (Å²) in [6, 6.07) is 20.0. The number of hydrogen-bond acceptors (Lipinski definition) is 21. The summed E-state index contributed by atoms with van der Waals surface area (Å²) < 4.78 is 121. The number of alkyl halides is 3. The summed E-state index contributed by atoms with van der Waals surface area (Å²) in [5.74, 6) is -4.18. The van der Waals surface area contributed by atoms with Gasteiger partial charge in [0, 0.05) is 24.2 Å². The third kappa shape index (κ3) is 26.5. The molecule has 654 valence electrons.